The molecule has 19 heavy (non-hydrogen) atoms. The zero-order valence-electron chi connectivity index (χ0n) is 11.2. The van der Waals surface area contributed by atoms with Gasteiger partial charge in [0.2, 0.25) is 15.9 Å². The third kappa shape index (κ3) is 6.88. The molecule has 0 radical (unpaired) electrons. The van der Waals surface area contributed by atoms with Gasteiger partial charge in [0, 0.05) is 39.0 Å². The topological polar surface area (TPSA) is 79.4 Å². The van der Waals surface area contributed by atoms with Crippen LogP contribution in [0.25, 0.3) is 0 Å². The van der Waals surface area contributed by atoms with Crippen molar-refractivity contribution in [3.05, 3.63) is 30.1 Å². The number of carbonyl (C=O) groups excluding carboxylic acids is 1. The summed E-state index contributed by atoms with van der Waals surface area (Å²) in [4.78, 5) is 17.3. The van der Waals surface area contributed by atoms with Crippen molar-refractivity contribution >= 4 is 15.9 Å². The number of hydrogen-bond acceptors (Lipinski definition) is 4. The Bertz CT molecular complexity index is 502. The molecule has 6 nitrogen and oxygen atoms in total. The van der Waals surface area contributed by atoms with Gasteiger partial charge >= 0.3 is 0 Å². The zero-order valence-corrected chi connectivity index (χ0v) is 12.0. The van der Waals surface area contributed by atoms with Gasteiger partial charge in [0.25, 0.3) is 0 Å². The van der Waals surface area contributed by atoms with Crippen molar-refractivity contribution in [1.29, 1.82) is 0 Å². The second-order valence-corrected chi connectivity index (χ2v) is 6.17. The largest absolute Gasteiger partial charge is 0.345 e. The molecule has 0 bridgehead atoms. The molecule has 1 aromatic heterocycles. The number of aromatic nitrogens is 1. The summed E-state index contributed by atoms with van der Waals surface area (Å²) < 4.78 is 24.0. The van der Waals surface area contributed by atoms with Crippen LogP contribution in [0.2, 0.25) is 0 Å². The van der Waals surface area contributed by atoms with Crippen LogP contribution in [0.1, 0.15) is 12.0 Å². The highest BCUT2D eigenvalue weighted by Gasteiger charge is 2.09. The quantitative estimate of drug-likeness (QED) is 0.766. The molecule has 0 aliphatic heterocycles. The van der Waals surface area contributed by atoms with E-state index in [1.54, 1.807) is 24.3 Å². The third-order valence-corrected chi connectivity index (χ3v) is 3.34. The van der Waals surface area contributed by atoms with Gasteiger partial charge < -0.3 is 4.90 Å². The van der Waals surface area contributed by atoms with E-state index in [1.165, 1.54) is 0 Å². The number of likely N-dealkylation sites (N-methyl/N-ethyl adjacent to an activating group) is 1. The van der Waals surface area contributed by atoms with Crippen molar-refractivity contribution in [1.82, 2.24) is 14.6 Å². The first kappa shape index (κ1) is 15.6. The monoisotopic (exact) mass is 285 g/mol. The highest BCUT2D eigenvalue weighted by Crippen LogP contribution is 2.00. The summed E-state index contributed by atoms with van der Waals surface area (Å²) in [6, 6.07) is 3.81. The molecule has 1 N–H and O–H groups in total. The fourth-order valence-corrected chi connectivity index (χ4v) is 1.98. The van der Waals surface area contributed by atoms with Gasteiger partial charge in [-0.2, -0.15) is 0 Å². The summed E-state index contributed by atoms with van der Waals surface area (Å²) >= 11 is 0. The van der Waals surface area contributed by atoms with Gasteiger partial charge in [-0.15, -0.1) is 0 Å². The Morgan fingerprint density at radius 1 is 1.37 bits per heavy atom. The van der Waals surface area contributed by atoms with Crippen molar-refractivity contribution < 1.29 is 13.2 Å². The summed E-state index contributed by atoms with van der Waals surface area (Å²) in [5.41, 5.74) is 1.11. The molecule has 0 atom stereocenters. The summed E-state index contributed by atoms with van der Waals surface area (Å²) in [5, 5.41) is 0. The first-order valence-electron chi connectivity index (χ1n) is 5.96. The van der Waals surface area contributed by atoms with Crippen molar-refractivity contribution in [2.24, 2.45) is 0 Å². The van der Waals surface area contributed by atoms with Gasteiger partial charge in [-0.3, -0.25) is 9.78 Å². The number of amides is 1. The summed E-state index contributed by atoms with van der Waals surface area (Å²) in [5.74, 6) is -0.0785. The number of nitrogens with one attached hydrogen (secondary N) is 1. The lowest BCUT2D eigenvalue weighted by Gasteiger charge is -2.17. The maximum atomic E-state index is 11.7. The van der Waals surface area contributed by atoms with Crippen LogP contribution in [-0.4, -0.2) is 50.6 Å². The molecule has 1 amide bonds. The molecule has 0 aromatic carbocycles. The third-order valence-electron chi connectivity index (χ3n) is 2.61. The smallest absolute Gasteiger partial charge is 0.223 e. The van der Waals surface area contributed by atoms with Crippen LogP contribution in [0.3, 0.4) is 0 Å². The first-order chi connectivity index (χ1) is 8.88. The molecule has 7 heteroatoms. The molecule has 1 aromatic rings. The number of carbonyl (C=O) groups is 1. The van der Waals surface area contributed by atoms with Crippen molar-refractivity contribution in [3.8, 4) is 0 Å². The summed E-state index contributed by atoms with van der Waals surface area (Å²) in [6.45, 7) is 0.735. The number of pyridine rings is 1. The molecule has 0 spiro atoms. The van der Waals surface area contributed by atoms with E-state index in [0.29, 0.717) is 6.54 Å². The number of nitrogens with zero attached hydrogens (tertiary/aromatic N) is 2. The molecule has 106 valence electrons. The predicted octanol–water partition coefficient (Wildman–Crippen LogP) is 0.0218. The number of rotatable bonds is 7. The van der Waals surface area contributed by atoms with E-state index in [1.807, 2.05) is 12.1 Å². The molecule has 0 saturated heterocycles. The van der Waals surface area contributed by atoms with Crippen LogP contribution in [0, 0.1) is 0 Å². The molecule has 1 rings (SSSR count). The van der Waals surface area contributed by atoms with Gasteiger partial charge in [0.1, 0.15) is 0 Å². The first-order valence-corrected chi connectivity index (χ1v) is 7.85. The molecule has 0 fully saturated rings. The average molecular weight is 285 g/mol. The highest BCUT2D eigenvalue weighted by molar-refractivity contribution is 7.88. The number of sulfonamides is 1. The Kier molecular flexibility index (Phi) is 5.91. The summed E-state index contributed by atoms with van der Waals surface area (Å²) in [7, 11) is -1.52. The molecule has 0 unspecified atom stereocenters. The minimum absolute atomic E-state index is 0.0785. The molecule has 1 heterocycles. The van der Waals surface area contributed by atoms with E-state index < -0.39 is 10.0 Å². The maximum absolute atomic E-state index is 11.7. The van der Waals surface area contributed by atoms with Crippen LogP contribution in [0.5, 0.6) is 0 Å². The van der Waals surface area contributed by atoms with Gasteiger partial charge in [-0.05, 0) is 24.1 Å². The van der Waals surface area contributed by atoms with E-state index in [-0.39, 0.29) is 18.9 Å². The molecular weight excluding hydrogens is 266 g/mol. The van der Waals surface area contributed by atoms with Crippen molar-refractivity contribution in [2.75, 3.05) is 26.4 Å². The lowest BCUT2D eigenvalue weighted by Crippen LogP contribution is -2.32. The minimum Gasteiger partial charge on any atom is -0.345 e. The standard InChI is InChI=1S/C12H19N3O3S/c1-15(10-6-11-3-7-13-8-4-11)12(16)5-9-14-19(2,17)18/h3-4,7-8,14H,5-6,9-10H2,1-2H3. The van der Waals surface area contributed by atoms with Gasteiger partial charge in [-0.1, -0.05) is 0 Å². The van der Waals surface area contributed by atoms with Gasteiger partial charge in [-0.25, -0.2) is 13.1 Å². The second-order valence-electron chi connectivity index (χ2n) is 4.34. The van der Waals surface area contributed by atoms with E-state index in [0.717, 1.165) is 18.2 Å². The zero-order chi connectivity index (χ0) is 14.3. The normalized spacial score (nSPS) is 11.3. The molecule has 0 aliphatic rings. The van der Waals surface area contributed by atoms with Crippen LogP contribution >= 0.6 is 0 Å². The molecule has 0 saturated carbocycles. The fraction of sp³-hybridized carbons (Fsp3) is 0.500. The average Bonchev–Trinajstić information content (AvgIpc) is 2.35. The van der Waals surface area contributed by atoms with Crippen LogP contribution < -0.4 is 4.72 Å². The van der Waals surface area contributed by atoms with Gasteiger partial charge in [0.05, 0.1) is 6.26 Å². The number of hydrogen-bond donors (Lipinski definition) is 1. The Hall–Kier alpha value is -1.47. The molecular formula is C12H19N3O3S. The SMILES string of the molecule is CN(CCc1ccncc1)C(=O)CCNS(C)(=O)=O. The van der Waals surface area contributed by atoms with E-state index >= 15 is 0 Å². The Morgan fingerprint density at radius 2 is 2.00 bits per heavy atom. The lowest BCUT2D eigenvalue weighted by molar-refractivity contribution is -0.129. The fourth-order valence-electron chi connectivity index (χ4n) is 1.51. The van der Waals surface area contributed by atoms with Crippen LogP contribution in [-0.2, 0) is 21.2 Å². The van der Waals surface area contributed by atoms with Crippen LogP contribution in [0.15, 0.2) is 24.5 Å². The Balaban J connectivity index is 2.29. The maximum Gasteiger partial charge on any atom is 0.223 e. The van der Waals surface area contributed by atoms with Crippen molar-refractivity contribution in [2.45, 2.75) is 12.8 Å². The Labute approximate surface area is 113 Å². The Morgan fingerprint density at radius 3 is 2.58 bits per heavy atom. The van der Waals surface area contributed by atoms with E-state index in [4.69, 9.17) is 0 Å². The summed E-state index contributed by atoms with van der Waals surface area (Å²) in [6.07, 6.45) is 5.43. The minimum atomic E-state index is -3.23. The van der Waals surface area contributed by atoms with E-state index in [9.17, 15) is 13.2 Å². The van der Waals surface area contributed by atoms with E-state index in [2.05, 4.69) is 9.71 Å². The lowest BCUT2D eigenvalue weighted by atomic mass is 10.2. The van der Waals surface area contributed by atoms with Crippen molar-refractivity contribution in [3.63, 3.8) is 0 Å². The van der Waals surface area contributed by atoms with Crippen LogP contribution in [0.4, 0.5) is 0 Å². The highest BCUT2D eigenvalue weighted by atomic mass is 32.2. The molecule has 0 aliphatic carbocycles. The van der Waals surface area contributed by atoms with Gasteiger partial charge in [0.15, 0.2) is 0 Å². The predicted molar refractivity (Wildman–Crippen MR) is 73.0 cm³/mol. The second kappa shape index (κ2) is 7.20.